The second-order valence-electron chi connectivity index (χ2n) is 5.40. The van der Waals surface area contributed by atoms with E-state index in [2.05, 4.69) is 24.4 Å². The van der Waals surface area contributed by atoms with Crippen molar-refractivity contribution < 1.29 is 4.74 Å². The van der Waals surface area contributed by atoms with E-state index in [9.17, 15) is 0 Å². The van der Waals surface area contributed by atoms with Crippen LogP contribution in [-0.4, -0.2) is 24.6 Å². The number of methoxy groups -OCH3 is 1. The van der Waals surface area contributed by atoms with E-state index in [4.69, 9.17) is 16.3 Å². The number of benzene rings is 1. The molecular weight excluding hydrogens is 350 g/mol. The SMILES string of the molecule is C=C1C=CSN(CCOC)C(C)=C1C(=C)c1cccc(C)c1Cl.CC. The number of ether oxygens (including phenoxy) is 1. The van der Waals surface area contributed by atoms with Crippen LogP contribution in [-0.2, 0) is 4.74 Å². The topological polar surface area (TPSA) is 12.5 Å². The van der Waals surface area contributed by atoms with Crippen LogP contribution in [0.15, 0.2) is 59.7 Å². The summed E-state index contributed by atoms with van der Waals surface area (Å²) in [5.41, 5.74) is 5.99. The van der Waals surface area contributed by atoms with E-state index in [0.717, 1.165) is 45.1 Å². The molecule has 2 rings (SSSR count). The van der Waals surface area contributed by atoms with Crippen molar-refractivity contribution in [3.63, 3.8) is 0 Å². The molecule has 4 heteroatoms. The standard InChI is InChI=1S/C19H22ClNOS.C2H6/c1-13-9-12-23-21(10-11-22-5)16(4)18(13)15(3)17-8-6-7-14(2)19(17)20;1-2/h6-9,12H,1,3,10-11H2,2,4-5H3;1-2H3. The van der Waals surface area contributed by atoms with Crippen LogP contribution < -0.4 is 0 Å². The van der Waals surface area contributed by atoms with Crippen LogP contribution in [0.1, 0.15) is 31.9 Å². The highest BCUT2D eigenvalue weighted by atomic mass is 35.5. The van der Waals surface area contributed by atoms with Crippen LogP contribution in [0.2, 0.25) is 5.02 Å². The van der Waals surface area contributed by atoms with Gasteiger partial charge in [-0.1, -0.05) is 56.8 Å². The highest BCUT2D eigenvalue weighted by Gasteiger charge is 2.20. The molecule has 0 amide bonds. The number of rotatable bonds is 5. The lowest BCUT2D eigenvalue weighted by Gasteiger charge is -2.25. The molecule has 0 aromatic heterocycles. The summed E-state index contributed by atoms with van der Waals surface area (Å²) in [6.45, 7) is 18.1. The summed E-state index contributed by atoms with van der Waals surface area (Å²) in [6.07, 6.45) is 2.02. The van der Waals surface area contributed by atoms with E-state index in [1.54, 1.807) is 19.1 Å². The molecule has 0 aliphatic carbocycles. The van der Waals surface area contributed by atoms with Gasteiger partial charge in [-0.25, -0.2) is 0 Å². The Morgan fingerprint density at radius 1 is 1.28 bits per heavy atom. The minimum absolute atomic E-state index is 0.662. The van der Waals surface area contributed by atoms with Gasteiger partial charge in [-0.05, 0) is 54.0 Å². The summed E-state index contributed by atoms with van der Waals surface area (Å²) < 4.78 is 7.40. The van der Waals surface area contributed by atoms with Crippen molar-refractivity contribution in [3.8, 4) is 0 Å². The largest absolute Gasteiger partial charge is 0.383 e. The van der Waals surface area contributed by atoms with Gasteiger partial charge >= 0.3 is 0 Å². The van der Waals surface area contributed by atoms with Crippen molar-refractivity contribution in [2.75, 3.05) is 20.3 Å². The number of halogens is 1. The predicted molar refractivity (Wildman–Crippen MR) is 114 cm³/mol. The van der Waals surface area contributed by atoms with Crippen molar-refractivity contribution in [1.82, 2.24) is 4.31 Å². The lowest BCUT2D eigenvalue weighted by molar-refractivity contribution is 0.189. The Morgan fingerprint density at radius 3 is 2.60 bits per heavy atom. The summed E-state index contributed by atoms with van der Waals surface area (Å²) >= 11 is 8.13. The first kappa shape index (κ1) is 21.6. The first-order valence-corrected chi connectivity index (χ1v) is 9.63. The predicted octanol–water partition coefficient (Wildman–Crippen LogP) is 6.64. The molecule has 1 heterocycles. The third kappa shape index (κ3) is 5.27. The van der Waals surface area contributed by atoms with Crippen LogP contribution in [0.4, 0.5) is 0 Å². The summed E-state index contributed by atoms with van der Waals surface area (Å²) in [5, 5.41) is 2.79. The van der Waals surface area contributed by atoms with Crippen LogP contribution in [0.25, 0.3) is 5.57 Å². The van der Waals surface area contributed by atoms with Gasteiger partial charge in [0.2, 0.25) is 0 Å². The number of aryl methyl sites for hydroxylation is 1. The average molecular weight is 378 g/mol. The highest BCUT2D eigenvalue weighted by molar-refractivity contribution is 8.00. The molecule has 1 aliphatic heterocycles. The Bertz CT molecular complexity index is 691. The monoisotopic (exact) mass is 377 g/mol. The van der Waals surface area contributed by atoms with Gasteiger partial charge in [0.1, 0.15) is 0 Å². The summed E-state index contributed by atoms with van der Waals surface area (Å²) in [7, 11) is 1.71. The summed E-state index contributed by atoms with van der Waals surface area (Å²) in [6, 6.07) is 6.01. The minimum Gasteiger partial charge on any atom is -0.383 e. The lowest BCUT2D eigenvalue weighted by atomic mass is 9.92. The number of nitrogens with zero attached hydrogens (tertiary/aromatic N) is 1. The van der Waals surface area contributed by atoms with Crippen LogP contribution in [0, 0.1) is 6.92 Å². The number of hydrogen-bond donors (Lipinski definition) is 0. The zero-order chi connectivity index (χ0) is 19.0. The maximum Gasteiger partial charge on any atom is 0.0648 e. The van der Waals surface area contributed by atoms with E-state index in [1.165, 1.54) is 0 Å². The molecule has 0 unspecified atom stereocenters. The molecule has 0 spiro atoms. The molecule has 0 N–H and O–H groups in total. The number of allylic oxidation sites excluding steroid dienone is 5. The van der Waals surface area contributed by atoms with Gasteiger partial charge < -0.3 is 9.04 Å². The van der Waals surface area contributed by atoms with Crippen molar-refractivity contribution in [2.45, 2.75) is 27.7 Å². The molecule has 0 saturated carbocycles. The third-order valence-electron chi connectivity index (χ3n) is 3.83. The van der Waals surface area contributed by atoms with Crippen LogP contribution in [0.5, 0.6) is 0 Å². The van der Waals surface area contributed by atoms with Gasteiger partial charge in [-0.15, -0.1) is 0 Å². The summed E-state index contributed by atoms with van der Waals surface area (Å²) in [4.78, 5) is 0. The van der Waals surface area contributed by atoms with Gasteiger partial charge in [0, 0.05) is 23.9 Å². The molecule has 136 valence electrons. The quantitative estimate of drug-likeness (QED) is 0.533. The lowest BCUT2D eigenvalue weighted by Crippen LogP contribution is -2.19. The third-order valence-corrected chi connectivity index (χ3v) is 5.30. The Labute approximate surface area is 162 Å². The van der Waals surface area contributed by atoms with Crippen molar-refractivity contribution in [2.24, 2.45) is 0 Å². The highest BCUT2D eigenvalue weighted by Crippen LogP contribution is 2.38. The maximum atomic E-state index is 6.49. The van der Waals surface area contributed by atoms with Gasteiger partial charge in [0.25, 0.3) is 0 Å². The second-order valence-corrected chi connectivity index (χ2v) is 6.71. The Balaban J connectivity index is 0.00000151. The minimum atomic E-state index is 0.662. The van der Waals surface area contributed by atoms with Gasteiger partial charge in [0.15, 0.2) is 0 Å². The Kier molecular flexibility index (Phi) is 9.12. The Morgan fingerprint density at radius 2 is 1.96 bits per heavy atom. The normalized spacial score (nSPS) is 14.2. The van der Waals surface area contributed by atoms with E-state index in [1.807, 2.05) is 50.5 Å². The van der Waals surface area contributed by atoms with Crippen LogP contribution in [0.3, 0.4) is 0 Å². The first-order chi connectivity index (χ1) is 12.0. The van der Waals surface area contributed by atoms with Gasteiger partial charge in [-0.3, -0.25) is 0 Å². The zero-order valence-corrected chi connectivity index (χ0v) is 17.4. The molecule has 0 bridgehead atoms. The molecular formula is C21H28ClNOS. The second kappa shape index (κ2) is 10.5. The first-order valence-electron chi connectivity index (χ1n) is 8.42. The van der Waals surface area contributed by atoms with E-state index in [0.29, 0.717) is 6.61 Å². The molecule has 1 aromatic rings. The van der Waals surface area contributed by atoms with E-state index in [-0.39, 0.29) is 0 Å². The van der Waals surface area contributed by atoms with E-state index >= 15 is 0 Å². The molecule has 0 saturated heterocycles. The van der Waals surface area contributed by atoms with Crippen molar-refractivity contribution >= 4 is 29.1 Å². The molecule has 25 heavy (non-hydrogen) atoms. The smallest absolute Gasteiger partial charge is 0.0648 e. The molecule has 1 aliphatic rings. The molecule has 2 nitrogen and oxygen atoms in total. The zero-order valence-electron chi connectivity index (χ0n) is 15.9. The van der Waals surface area contributed by atoms with Gasteiger partial charge in [0.05, 0.1) is 18.2 Å². The summed E-state index contributed by atoms with van der Waals surface area (Å²) in [5.74, 6) is 0. The van der Waals surface area contributed by atoms with Crippen LogP contribution >= 0.6 is 23.5 Å². The van der Waals surface area contributed by atoms with Crippen molar-refractivity contribution in [1.29, 1.82) is 0 Å². The molecule has 0 atom stereocenters. The van der Waals surface area contributed by atoms with Gasteiger partial charge in [-0.2, -0.15) is 0 Å². The fourth-order valence-electron chi connectivity index (χ4n) is 2.53. The fraction of sp³-hybridized carbons (Fsp3) is 0.333. The number of hydrogen-bond acceptors (Lipinski definition) is 3. The maximum absolute atomic E-state index is 6.49. The fourth-order valence-corrected chi connectivity index (χ4v) is 3.57. The molecule has 0 fully saturated rings. The Hall–Kier alpha value is -1.42. The molecule has 0 radical (unpaired) electrons. The molecule has 1 aromatic carbocycles. The van der Waals surface area contributed by atoms with Crippen molar-refractivity contribution in [3.05, 3.63) is 75.8 Å². The van der Waals surface area contributed by atoms with E-state index < -0.39 is 0 Å². The average Bonchev–Trinajstić information content (AvgIpc) is 2.75.